The van der Waals surface area contributed by atoms with Gasteiger partial charge in [0, 0.05) is 6.54 Å². The van der Waals surface area contributed by atoms with Gasteiger partial charge >= 0.3 is 0 Å². The van der Waals surface area contributed by atoms with Gasteiger partial charge in [0.25, 0.3) is 0 Å². The van der Waals surface area contributed by atoms with Crippen molar-refractivity contribution < 1.29 is 13.5 Å². The lowest BCUT2D eigenvalue weighted by molar-refractivity contribution is 0.0213. The number of aliphatic hydroxyl groups is 1. The van der Waals surface area contributed by atoms with Gasteiger partial charge in [0.2, 0.25) is 10.0 Å². The molecule has 0 bridgehead atoms. The predicted molar refractivity (Wildman–Crippen MR) is 76.4 cm³/mol. The molecule has 0 radical (unpaired) electrons. The smallest absolute Gasteiger partial charge is 0.214 e. The first-order chi connectivity index (χ1) is 8.81. The molecule has 1 N–H and O–H groups in total. The van der Waals surface area contributed by atoms with Crippen LogP contribution in [0.4, 0.5) is 0 Å². The average molecular weight is 289 g/mol. The molecule has 1 saturated heterocycles. The van der Waals surface area contributed by atoms with Crippen LogP contribution in [0.1, 0.15) is 58.8 Å². The molecule has 2 aliphatic rings. The molecule has 2 fully saturated rings. The van der Waals surface area contributed by atoms with Crippen LogP contribution in [-0.4, -0.2) is 41.8 Å². The summed E-state index contributed by atoms with van der Waals surface area (Å²) in [5, 5.41) is 10.2. The van der Waals surface area contributed by atoms with Crippen molar-refractivity contribution >= 4 is 10.0 Å². The molecule has 0 aromatic carbocycles. The predicted octanol–water partition coefficient (Wildman–Crippen LogP) is 2.13. The first-order valence-electron chi connectivity index (χ1n) is 7.52. The van der Waals surface area contributed by atoms with E-state index in [4.69, 9.17) is 0 Å². The summed E-state index contributed by atoms with van der Waals surface area (Å²) in [6.45, 7) is 4.00. The van der Waals surface area contributed by atoms with Gasteiger partial charge in [-0.25, -0.2) is 8.42 Å². The van der Waals surface area contributed by atoms with Gasteiger partial charge in [-0.2, -0.15) is 4.31 Å². The molecule has 4 nitrogen and oxygen atoms in total. The minimum Gasteiger partial charge on any atom is -0.389 e. The molecule has 2 rings (SSSR count). The molecule has 1 saturated carbocycles. The van der Waals surface area contributed by atoms with E-state index in [-0.39, 0.29) is 11.8 Å². The van der Waals surface area contributed by atoms with Crippen molar-refractivity contribution in [3.63, 3.8) is 0 Å². The highest BCUT2D eigenvalue weighted by Gasteiger charge is 2.42. The quantitative estimate of drug-likeness (QED) is 0.862. The van der Waals surface area contributed by atoms with E-state index in [0.29, 0.717) is 12.5 Å². The minimum absolute atomic E-state index is 0.249. The molecule has 1 atom stereocenters. The van der Waals surface area contributed by atoms with Crippen molar-refractivity contribution in [3.05, 3.63) is 0 Å². The molecule has 0 aromatic rings. The first-order valence-corrected chi connectivity index (χ1v) is 9.13. The van der Waals surface area contributed by atoms with Crippen LogP contribution in [0.2, 0.25) is 0 Å². The Bertz CT molecular complexity index is 393. The second-order valence-corrected chi connectivity index (χ2v) is 8.67. The number of hydrogen-bond acceptors (Lipinski definition) is 3. The maximum Gasteiger partial charge on any atom is 0.214 e. The van der Waals surface area contributed by atoms with Gasteiger partial charge in [0.1, 0.15) is 0 Å². The maximum absolute atomic E-state index is 12.6. The Morgan fingerprint density at radius 3 is 2.32 bits per heavy atom. The molecule has 0 amide bonds. The van der Waals surface area contributed by atoms with Gasteiger partial charge in [-0.05, 0) is 45.4 Å². The Hall–Kier alpha value is -0.130. The van der Waals surface area contributed by atoms with E-state index in [1.54, 1.807) is 18.2 Å². The maximum atomic E-state index is 12.6. The van der Waals surface area contributed by atoms with Crippen molar-refractivity contribution in [2.24, 2.45) is 5.92 Å². The van der Waals surface area contributed by atoms with E-state index in [1.807, 2.05) is 0 Å². The Labute approximate surface area is 117 Å². The number of sulfonamides is 1. The molecule has 0 spiro atoms. The van der Waals surface area contributed by atoms with Crippen LogP contribution in [0, 0.1) is 5.92 Å². The molecule has 112 valence electrons. The molecule has 1 aliphatic heterocycles. The topological polar surface area (TPSA) is 57.6 Å². The molecule has 19 heavy (non-hydrogen) atoms. The zero-order valence-electron chi connectivity index (χ0n) is 12.1. The summed E-state index contributed by atoms with van der Waals surface area (Å²) in [5.41, 5.74) is -0.948. The summed E-state index contributed by atoms with van der Waals surface area (Å²) in [5.74, 6) is 0.598. The fourth-order valence-corrected chi connectivity index (χ4v) is 5.81. The Balaban J connectivity index is 2.05. The van der Waals surface area contributed by atoms with Crippen molar-refractivity contribution in [1.29, 1.82) is 0 Å². The Kier molecular flexibility index (Phi) is 4.58. The van der Waals surface area contributed by atoms with E-state index in [1.165, 1.54) is 6.42 Å². The fourth-order valence-electron chi connectivity index (χ4n) is 3.53. The molecule has 1 unspecified atom stereocenters. The SMILES string of the molecule is CC(C)(O)C1CCCN1S(=O)(=O)CC1CCCCC1. The van der Waals surface area contributed by atoms with Gasteiger partial charge in [0.15, 0.2) is 0 Å². The van der Waals surface area contributed by atoms with Crippen LogP contribution in [0.5, 0.6) is 0 Å². The van der Waals surface area contributed by atoms with Crippen LogP contribution in [0.3, 0.4) is 0 Å². The van der Waals surface area contributed by atoms with E-state index >= 15 is 0 Å². The van der Waals surface area contributed by atoms with Crippen LogP contribution in [0.15, 0.2) is 0 Å². The van der Waals surface area contributed by atoms with Crippen molar-refractivity contribution in [2.45, 2.75) is 70.4 Å². The molecule has 5 heteroatoms. The van der Waals surface area contributed by atoms with Crippen molar-refractivity contribution in [2.75, 3.05) is 12.3 Å². The van der Waals surface area contributed by atoms with Crippen LogP contribution < -0.4 is 0 Å². The highest BCUT2D eigenvalue weighted by Crippen LogP contribution is 2.32. The van der Waals surface area contributed by atoms with Crippen LogP contribution >= 0.6 is 0 Å². The van der Waals surface area contributed by atoms with Crippen molar-refractivity contribution in [3.8, 4) is 0 Å². The van der Waals surface area contributed by atoms with Crippen molar-refractivity contribution in [1.82, 2.24) is 4.31 Å². The summed E-state index contributed by atoms with van der Waals surface area (Å²) in [4.78, 5) is 0. The minimum atomic E-state index is -3.22. The van der Waals surface area contributed by atoms with E-state index < -0.39 is 15.6 Å². The third-order valence-electron chi connectivity index (χ3n) is 4.55. The lowest BCUT2D eigenvalue weighted by Gasteiger charge is -2.34. The summed E-state index contributed by atoms with van der Waals surface area (Å²) >= 11 is 0. The first kappa shape index (κ1) is 15.3. The average Bonchev–Trinajstić information content (AvgIpc) is 2.78. The molecule has 1 heterocycles. The Morgan fingerprint density at radius 2 is 1.74 bits per heavy atom. The molecule has 1 aliphatic carbocycles. The van der Waals surface area contributed by atoms with Gasteiger partial charge in [-0.1, -0.05) is 19.3 Å². The molecular weight excluding hydrogens is 262 g/mol. The molecule has 0 aromatic heterocycles. The second-order valence-electron chi connectivity index (χ2n) is 6.70. The van der Waals surface area contributed by atoms with E-state index in [9.17, 15) is 13.5 Å². The van der Waals surface area contributed by atoms with E-state index in [0.717, 1.165) is 38.5 Å². The van der Waals surface area contributed by atoms with E-state index in [2.05, 4.69) is 0 Å². The number of hydrogen-bond donors (Lipinski definition) is 1. The number of rotatable bonds is 4. The largest absolute Gasteiger partial charge is 0.389 e. The zero-order valence-corrected chi connectivity index (χ0v) is 13.0. The third kappa shape index (κ3) is 3.70. The van der Waals surface area contributed by atoms with Gasteiger partial charge in [-0.15, -0.1) is 0 Å². The number of nitrogens with zero attached hydrogens (tertiary/aromatic N) is 1. The zero-order chi connectivity index (χ0) is 14.1. The standard InChI is InChI=1S/C14H27NO3S/c1-14(2,16)13-9-6-10-15(13)19(17,18)11-12-7-4-3-5-8-12/h12-13,16H,3-11H2,1-2H3. The highest BCUT2D eigenvalue weighted by atomic mass is 32.2. The summed E-state index contributed by atoms with van der Waals surface area (Å²) < 4.78 is 26.7. The summed E-state index contributed by atoms with van der Waals surface area (Å²) in [6, 6.07) is -0.249. The summed E-state index contributed by atoms with van der Waals surface area (Å²) in [7, 11) is -3.22. The van der Waals surface area contributed by atoms with Gasteiger partial charge in [0.05, 0.1) is 17.4 Å². The lowest BCUT2D eigenvalue weighted by atomic mass is 9.91. The fraction of sp³-hybridized carbons (Fsp3) is 1.00. The normalized spacial score (nSPS) is 27.8. The molecular formula is C14H27NO3S. The van der Waals surface area contributed by atoms with Crippen LogP contribution in [0.25, 0.3) is 0 Å². The Morgan fingerprint density at radius 1 is 1.11 bits per heavy atom. The highest BCUT2D eigenvalue weighted by molar-refractivity contribution is 7.89. The van der Waals surface area contributed by atoms with Crippen LogP contribution in [-0.2, 0) is 10.0 Å². The summed E-state index contributed by atoms with van der Waals surface area (Å²) in [6.07, 6.45) is 7.28. The van der Waals surface area contributed by atoms with Gasteiger partial charge < -0.3 is 5.11 Å². The monoisotopic (exact) mass is 289 g/mol. The van der Waals surface area contributed by atoms with Gasteiger partial charge in [-0.3, -0.25) is 0 Å². The lowest BCUT2D eigenvalue weighted by Crippen LogP contribution is -2.49. The third-order valence-corrected chi connectivity index (χ3v) is 6.59. The second kappa shape index (κ2) is 5.70.